The van der Waals surface area contributed by atoms with E-state index in [1.54, 1.807) is 18.2 Å². The van der Waals surface area contributed by atoms with Crippen molar-refractivity contribution in [3.05, 3.63) is 28.2 Å². The zero-order valence-electron chi connectivity index (χ0n) is 9.83. The Bertz CT molecular complexity index is 472. The SMILES string of the molecule is O=C1N[C@H]2CCCC[C@@H]2N1c1cc(Cl)cc(Cl)c1. The molecule has 2 fully saturated rings. The molecule has 1 aliphatic carbocycles. The number of fused-ring (bicyclic) bond motifs is 1. The van der Waals surface area contributed by atoms with Crippen molar-refractivity contribution in [2.24, 2.45) is 0 Å². The quantitative estimate of drug-likeness (QED) is 0.835. The summed E-state index contributed by atoms with van der Waals surface area (Å²) in [6.45, 7) is 0. The number of carbonyl (C=O) groups excluding carboxylic acids is 1. The van der Waals surface area contributed by atoms with E-state index in [0.29, 0.717) is 10.0 Å². The molecule has 96 valence electrons. The van der Waals surface area contributed by atoms with Crippen LogP contribution in [-0.4, -0.2) is 18.1 Å². The molecule has 3 rings (SSSR count). The zero-order chi connectivity index (χ0) is 12.7. The van der Waals surface area contributed by atoms with Gasteiger partial charge in [-0.1, -0.05) is 36.0 Å². The molecule has 2 atom stereocenters. The van der Waals surface area contributed by atoms with Gasteiger partial charge < -0.3 is 5.32 Å². The average molecular weight is 285 g/mol. The van der Waals surface area contributed by atoms with Crippen molar-refractivity contribution in [3.8, 4) is 0 Å². The van der Waals surface area contributed by atoms with Crippen molar-refractivity contribution < 1.29 is 4.79 Å². The van der Waals surface area contributed by atoms with Crippen LogP contribution in [0.2, 0.25) is 10.0 Å². The first-order valence-corrected chi connectivity index (χ1v) is 6.96. The van der Waals surface area contributed by atoms with E-state index in [9.17, 15) is 4.79 Å². The molecule has 1 N–H and O–H groups in total. The number of carbonyl (C=O) groups is 1. The van der Waals surface area contributed by atoms with Gasteiger partial charge in [0.15, 0.2) is 0 Å². The van der Waals surface area contributed by atoms with Crippen LogP contribution >= 0.6 is 23.2 Å². The third kappa shape index (κ3) is 2.06. The lowest BCUT2D eigenvalue weighted by molar-refractivity contribution is 0.250. The summed E-state index contributed by atoms with van der Waals surface area (Å²) in [5.74, 6) is 0. The average Bonchev–Trinajstić information content (AvgIpc) is 2.63. The Morgan fingerprint density at radius 1 is 1.11 bits per heavy atom. The van der Waals surface area contributed by atoms with Crippen molar-refractivity contribution in [1.82, 2.24) is 5.32 Å². The third-order valence-electron chi connectivity index (χ3n) is 3.71. The fourth-order valence-electron chi connectivity index (χ4n) is 2.95. The number of hydrogen-bond donors (Lipinski definition) is 1. The topological polar surface area (TPSA) is 32.3 Å². The summed E-state index contributed by atoms with van der Waals surface area (Å²) in [5, 5.41) is 4.16. The highest BCUT2D eigenvalue weighted by molar-refractivity contribution is 6.35. The highest BCUT2D eigenvalue weighted by Gasteiger charge is 2.41. The molecule has 3 nitrogen and oxygen atoms in total. The van der Waals surface area contributed by atoms with Gasteiger partial charge in [-0.15, -0.1) is 0 Å². The fraction of sp³-hybridized carbons (Fsp3) is 0.462. The van der Waals surface area contributed by atoms with Crippen LogP contribution in [0.1, 0.15) is 25.7 Å². The largest absolute Gasteiger partial charge is 0.333 e. The Balaban J connectivity index is 1.96. The Morgan fingerprint density at radius 2 is 1.78 bits per heavy atom. The summed E-state index contributed by atoms with van der Waals surface area (Å²) >= 11 is 12.0. The van der Waals surface area contributed by atoms with Crippen molar-refractivity contribution >= 4 is 34.9 Å². The summed E-state index contributed by atoms with van der Waals surface area (Å²) < 4.78 is 0. The van der Waals surface area contributed by atoms with Gasteiger partial charge in [-0.3, -0.25) is 4.90 Å². The monoisotopic (exact) mass is 284 g/mol. The standard InChI is InChI=1S/C13H14Cl2N2O/c14-8-5-9(15)7-10(6-8)17-12-4-2-1-3-11(12)16-13(17)18/h5-7,11-12H,1-4H2,(H,16,18)/t11-,12-/m0/s1. The van der Waals surface area contributed by atoms with Gasteiger partial charge in [-0.05, 0) is 31.0 Å². The van der Waals surface area contributed by atoms with Gasteiger partial charge in [-0.2, -0.15) is 0 Å². The highest BCUT2D eigenvalue weighted by atomic mass is 35.5. The minimum absolute atomic E-state index is 0.0368. The Morgan fingerprint density at radius 3 is 2.50 bits per heavy atom. The van der Waals surface area contributed by atoms with Crippen LogP contribution in [0, 0.1) is 0 Å². The lowest BCUT2D eigenvalue weighted by atomic mass is 9.91. The van der Waals surface area contributed by atoms with Crippen LogP contribution in [0.3, 0.4) is 0 Å². The lowest BCUT2D eigenvalue weighted by Crippen LogP contribution is -2.39. The van der Waals surface area contributed by atoms with Crippen LogP contribution in [0.15, 0.2) is 18.2 Å². The fourth-order valence-corrected chi connectivity index (χ4v) is 3.47. The highest BCUT2D eigenvalue weighted by Crippen LogP contribution is 2.34. The third-order valence-corrected chi connectivity index (χ3v) is 4.15. The van der Waals surface area contributed by atoms with Gasteiger partial charge in [0.25, 0.3) is 0 Å². The number of urea groups is 1. The molecule has 1 aromatic rings. The molecule has 1 saturated heterocycles. The van der Waals surface area contributed by atoms with Crippen LogP contribution < -0.4 is 10.2 Å². The maximum atomic E-state index is 12.1. The zero-order valence-corrected chi connectivity index (χ0v) is 11.3. The molecule has 1 saturated carbocycles. The van der Waals surface area contributed by atoms with Crippen LogP contribution in [-0.2, 0) is 0 Å². The van der Waals surface area contributed by atoms with Crippen molar-refractivity contribution in [2.75, 3.05) is 4.90 Å². The van der Waals surface area contributed by atoms with Crippen molar-refractivity contribution in [2.45, 2.75) is 37.8 Å². The molecule has 18 heavy (non-hydrogen) atoms. The number of nitrogens with zero attached hydrogens (tertiary/aromatic N) is 1. The number of halogens is 2. The molecule has 1 heterocycles. The summed E-state index contributed by atoms with van der Waals surface area (Å²) in [6.07, 6.45) is 4.45. The number of anilines is 1. The number of nitrogens with one attached hydrogen (secondary N) is 1. The van der Waals surface area contributed by atoms with Crippen LogP contribution in [0.4, 0.5) is 10.5 Å². The number of benzene rings is 1. The first-order valence-electron chi connectivity index (χ1n) is 6.21. The molecule has 1 aliphatic heterocycles. The minimum atomic E-state index is -0.0368. The number of rotatable bonds is 1. The van der Waals surface area contributed by atoms with E-state index < -0.39 is 0 Å². The molecule has 1 aromatic carbocycles. The van der Waals surface area contributed by atoms with E-state index in [0.717, 1.165) is 18.5 Å². The summed E-state index contributed by atoms with van der Waals surface area (Å²) in [5.41, 5.74) is 0.791. The predicted molar refractivity (Wildman–Crippen MR) is 73.5 cm³/mol. The molecule has 5 heteroatoms. The Kier molecular flexibility index (Phi) is 3.12. The van der Waals surface area contributed by atoms with Crippen LogP contribution in [0.5, 0.6) is 0 Å². The van der Waals surface area contributed by atoms with E-state index in [2.05, 4.69) is 5.32 Å². The van der Waals surface area contributed by atoms with Crippen molar-refractivity contribution in [3.63, 3.8) is 0 Å². The first kappa shape index (κ1) is 12.1. The summed E-state index contributed by atoms with van der Waals surface area (Å²) in [6, 6.07) is 5.74. The molecule has 0 spiro atoms. The van der Waals surface area contributed by atoms with E-state index in [4.69, 9.17) is 23.2 Å². The molecule has 0 bridgehead atoms. The maximum absolute atomic E-state index is 12.1. The maximum Gasteiger partial charge on any atom is 0.322 e. The van der Waals surface area contributed by atoms with Gasteiger partial charge in [0.1, 0.15) is 0 Å². The second-order valence-corrected chi connectivity index (χ2v) is 5.78. The Hall–Kier alpha value is -0.930. The second-order valence-electron chi connectivity index (χ2n) is 4.91. The summed E-state index contributed by atoms with van der Waals surface area (Å²) in [4.78, 5) is 13.9. The molecule has 0 unspecified atom stereocenters. The molecule has 0 aromatic heterocycles. The van der Waals surface area contributed by atoms with Gasteiger partial charge >= 0.3 is 6.03 Å². The molecular formula is C13H14Cl2N2O. The molecule has 0 radical (unpaired) electrons. The first-order chi connectivity index (χ1) is 8.65. The number of hydrogen-bond acceptors (Lipinski definition) is 1. The predicted octanol–water partition coefficient (Wildman–Crippen LogP) is 3.83. The Labute approximate surface area is 116 Å². The molecular weight excluding hydrogens is 271 g/mol. The van der Waals surface area contributed by atoms with Gasteiger partial charge in [0.05, 0.1) is 12.1 Å². The smallest absolute Gasteiger partial charge is 0.322 e. The normalized spacial score (nSPS) is 27.0. The molecule has 2 aliphatic rings. The second kappa shape index (κ2) is 4.63. The van der Waals surface area contributed by atoms with Gasteiger partial charge in [-0.25, -0.2) is 4.79 Å². The van der Waals surface area contributed by atoms with Gasteiger partial charge in [0, 0.05) is 15.7 Å². The van der Waals surface area contributed by atoms with E-state index in [1.807, 2.05) is 4.90 Å². The minimum Gasteiger partial charge on any atom is -0.333 e. The van der Waals surface area contributed by atoms with Crippen molar-refractivity contribution in [1.29, 1.82) is 0 Å². The van der Waals surface area contributed by atoms with Gasteiger partial charge in [0.2, 0.25) is 0 Å². The van der Waals surface area contributed by atoms with Crippen LogP contribution in [0.25, 0.3) is 0 Å². The summed E-state index contributed by atoms with van der Waals surface area (Å²) in [7, 11) is 0. The lowest BCUT2D eigenvalue weighted by Gasteiger charge is -2.30. The van der Waals surface area contributed by atoms with E-state index in [1.165, 1.54) is 12.8 Å². The van der Waals surface area contributed by atoms with E-state index in [-0.39, 0.29) is 18.1 Å². The number of amides is 2. The van der Waals surface area contributed by atoms with E-state index >= 15 is 0 Å². The molecule has 2 amide bonds.